The average Bonchev–Trinajstić information content (AvgIpc) is 3.22. The highest BCUT2D eigenvalue weighted by molar-refractivity contribution is 7.93. The number of thiazole rings is 1. The van der Waals surface area contributed by atoms with Crippen LogP contribution in [0.4, 0.5) is 5.13 Å². The van der Waals surface area contributed by atoms with Crippen molar-refractivity contribution in [1.82, 2.24) is 4.98 Å². The van der Waals surface area contributed by atoms with Gasteiger partial charge in [-0.3, -0.25) is 4.72 Å². The van der Waals surface area contributed by atoms with Crippen molar-refractivity contribution in [3.63, 3.8) is 0 Å². The van der Waals surface area contributed by atoms with Crippen LogP contribution in [-0.4, -0.2) is 13.4 Å². The Morgan fingerprint density at radius 3 is 2.03 bits per heavy atom. The number of rotatable bonds is 5. The largest absolute Gasteiger partial charge is 0.263 e. The standard InChI is InChI=1S/C25H26N2O2S2/c28-31(29,22-8-6-21(7-9-22)20-4-2-1-3-5-20)27-24-26-23(16-30-24)25-13-17-10-18(14-25)12-19(11-17)15-25/h1-9,16-19H,10-15H2,(H,26,27). The van der Waals surface area contributed by atoms with Gasteiger partial charge in [-0.1, -0.05) is 42.5 Å². The molecule has 0 amide bonds. The van der Waals surface area contributed by atoms with Crippen LogP contribution in [0.15, 0.2) is 64.9 Å². The van der Waals surface area contributed by atoms with Crippen LogP contribution in [0, 0.1) is 17.8 Å². The van der Waals surface area contributed by atoms with Crippen LogP contribution < -0.4 is 4.72 Å². The third-order valence-corrected chi connectivity index (χ3v) is 9.82. The molecule has 4 aliphatic carbocycles. The molecule has 160 valence electrons. The Bertz CT molecular complexity index is 1160. The number of hydrogen-bond acceptors (Lipinski definition) is 4. The fourth-order valence-corrected chi connectivity index (χ4v) is 8.71. The molecule has 1 aromatic heterocycles. The lowest BCUT2D eigenvalue weighted by molar-refractivity contribution is -0.00688. The highest BCUT2D eigenvalue weighted by atomic mass is 32.2. The van der Waals surface area contributed by atoms with E-state index in [1.165, 1.54) is 49.9 Å². The molecule has 1 N–H and O–H groups in total. The highest BCUT2D eigenvalue weighted by Gasteiger charge is 2.52. The summed E-state index contributed by atoms with van der Waals surface area (Å²) in [6, 6.07) is 17.0. The number of nitrogens with zero attached hydrogens (tertiary/aromatic N) is 1. The zero-order valence-electron chi connectivity index (χ0n) is 17.3. The normalized spacial score (nSPS) is 29.2. The third-order valence-electron chi connectivity index (χ3n) is 7.58. The van der Waals surface area contributed by atoms with E-state index in [1.54, 1.807) is 12.1 Å². The molecule has 7 rings (SSSR count). The lowest BCUT2D eigenvalue weighted by Crippen LogP contribution is -2.48. The van der Waals surface area contributed by atoms with Gasteiger partial charge in [0.05, 0.1) is 10.6 Å². The Kier molecular flexibility index (Phi) is 4.51. The first-order chi connectivity index (χ1) is 15.0. The number of anilines is 1. The topological polar surface area (TPSA) is 59.1 Å². The van der Waals surface area contributed by atoms with E-state index in [4.69, 9.17) is 4.98 Å². The summed E-state index contributed by atoms with van der Waals surface area (Å²) >= 11 is 1.42. The lowest BCUT2D eigenvalue weighted by atomic mass is 9.49. The van der Waals surface area contributed by atoms with Crippen LogP contribution in [0.1, 0.15) is 44.2 Å². The van der Waals surface area contributed by atoms with Crippen LogP contribution in [0.25, 0.3) is 11.1 Å². The van der Waals surface area contributed by atoms with Gasteiger partial charge in [-0.2, -0.15) is 0 Å². The van der Waals surface area contributed by atoms with E-state index in [2.05, 4.69) is 10.1 Å². The van der Waals surface area contributed by atoms with Crippen molar-refractivity contribution in [2.45, 2.75) is 48.8 Å². The fraction of sp³-hybridized carbons (Fsp3) is 0.400. The molecule has 4 aliphatic rings. The first-order valence-corrected chi connectivity index (χ1v) is 13.5. The van der Waals surface area contributed by atoms with Gasteiger partial charge < -0.3 is 0 Å². The van der Waals surface area contributed by atoms with Crippen molar-refractivity contribution < 1.29 is 8.42 Å². The molecule has 3 aromatic rings. The Labute approximate surface area is 187 Å². The molecule has 4 nitrogen and oxygen atoms in total. The zero-order valence-corrected chi connectivity index (χ0v) is 19.0. The minimum absolute atomic E-state index is 0.187. The van der Waals surface area contributed by atoms with Crippen molar-refractivity contribution in [2.24, 2.45) is 17.8 Å². The smallest absolute Gasteiger partial charge is 0.255 e. The Balaban J connectivity index is 1.22. The van der Waals surface area contributed by atoms with Gasteiger partial charge in [0.2, 0.25) is 0 Å². The Morgan fingerprint density at radius 2 is 1.42 bits per heavy atom. The maximum Gasteiger partial charge on any atom is 0.263 e. The summed E-state index contributed by atoms with van der Waals surface area (Å²) < 4.78 is 28.7. The van der Waals surface area contributed by atoms with Crippen LogP contribution in [-0.2, 0) is 15.4 Å². The highest BCUT2D eigenvalue weighted by Crippen LogP contribution is 2.60. The molecule has 31 heavy (non-hydrogen) atoms. The van der Waals surface area contributed by atoms with Crippen molar-refractivity contribution in [1.29, 1.82) is 0 Å². The molecule has 2 aromatic carbocycles. The molecule has 0 radical (unpaired) electrons. The quantitative estimate of drug-likeness (QED) is 0.512. The second kappa shape index (κ2) is 7.17. The van der Waals surface area contributed by atoms with E-state index >= 15 is 0 Å². The van der Waals surface area contributed by atoms with Gasteiger partial charge in [-0.25, -0.2) is 13.4 Å². The molecule has 4 saturated carbocycles. The van der Waals surface area contributed by atoms with E-state index in [0.29, 0.717) is 5.13 Å². The van der Waals surface area contributed by atoms with Gasteiger partial charge in [-0.15, -0.1) is 11.3 Å². The average molecular weight is 451 g/mol. The number of benzene rings is 2. The van der Waals surface area contributed by atoms with Crippen LogP contribution in [0.5, 0.6) is 0 Å². The monoisotopic (exact) mass is 450 g/mol. The van der Waals surface area contributed by atoms with Gasteiger partial charge in [-0.05, 0) is 79.5 Å². The summed E-state index contributed by atoms with van der Waals surface area (Å²) in [5.74, 6) is 2.53. The summed E-state index contributed by atoms with van der Waals surface area (Å²) in [7, 11) is -3.66. The molecule has 0 atom stereocenters. The van der Waals surface area contributed by atoms with Crippen molar-refractivity contribution in [3.8, 4) is 11.1 Å². The Morgan fingerprint density at radius 1 is 0.839 bits per heavy atom. The van der Waals surface area contributed by atoms with Gasteiger partial charge in [0.25, 0.3) is 10.0 Å². The number of aromatic nitrogens is 1. The van der Waals surface area contributed by atoms with Gasteiger partial charge >= 0.3 is 0 Å². The molecule has 0 spiro atoms. The molecule has 6 heteroatoms. The summed E-state index contributed by atoms with van der Waals surface area (Å²) in [6.07, 6.45) is 7.87. The number of hydrogen-bond donors (Lipinski definition) is 1. The molecule has 0 unspecified atom stereocenters. The minimum Gasteiger partial charge on any atom is -0.255 e. The van der Waals surface area contributed by atoms with Crippen molar-refractivity contribution in [3.05, 3.63) is 65.7 Å². The summed E-state index contributed by atoms with van der Waals surface area (Å²) in [5, 5.41) is 2.58. The maximum atomic E-state index is 13.0. The molecular weight excluding hydrogens is 424 g/mol. The van der Waals surface area contributed by atoms with E-state index in [-0.39, 0.29) is 10.3 Å². The van der Waals surface area contributed by atoms with Crippen LogP contribution in [0.2, 0.25) is 0 Å². The van der Waals surface area contributed by atoms with Crippen LogP contribution >= 0.6 is 11.3 Å². The van der Waals surface area contributed by atoms with E-state index < -0.39 is 10.0 Å². The molecule has 1 heterocycles. The number of nitrogens with one attached hydrogen (secondary N) is 1. The minimum atomic E-state index is -3.66. The van der Waals surface area contributed by atoms with Crippen LogP contribution in [0.3, 0.4) is 0 Å². The van der Waals surface area contributed by atoms with Crippen molar-refractivity contribution in [2.75, 3.05) is 4.72 Å². The first-order valence-electron chi connectivity index (χ1n) is 11.1. The molecule has 4 bridgehead atoms. The van der Waals surface area contributed by atoms with E-state index in [9.17, 15) is 8.42 Å². The van der Waals surface area contributed by atoms with E-state index in [1.807, 2.05) is 42.5 Å². The number of sulfonamides is 1. The van der Waals surface area contributed by atoms with Gasteiger partial charge in [0.15, 0.2) is 5.13 Å². The van der Waals surface area contributed by atoms with Gasteiger partial charge in [0.1, 0.15) is 0 Å². The maximum absolute atomic E-state index is 13.0. The SMILES string of the molecule is O=S(=O)(Nc1nc(C23CC4CC(CC(C4)C2)C3)cs1)c1ccc(-c2ccccc2)cc1. The molecule has 0 aliphatic heterocycles. The molecule has 4 fully saturated rings. The summed E-state index contributed by atoms with van der Waals surface area (Å²) in [4.78, 5) is 5.07. The summed E-state index contributed by atoms with van der Waals surface area (Å²) in [6.45, 7) is 0. The first kappa shape index (κ1) is 19.5. The fourth-order valence-electron chi connectivity index (χ4n) is 6.62. The van der Waals surface area contributed by atoms with E-state index in [0.717, 1.165) is 34.6 Å². The van der Waals surface area contributed by atoms with Gasteiger partial charge in [0, 0.05) is 10.8 Å². The predicted octanol–water partition coefficient (Wildman–Crippen LogP) is 6.08. The molecular formula is C25H26N2O2S2. The zero-order chi connectivity index (χ0) is 21.1. The predicted molar refractivity (Wildman–Crippen MR) is 125 cm³/mol. The summed E-state index contributed by atoms with van der Waals surface area (Å²) in [5.41, 5.74) is 3.37. The molecule has 0 saturated heterocycles. The second-order valence-electron chi connectivity index (χ2n) is 9.73. The second-order valence-corrected chi connectivity index (χ2v) is 12.3. The third kappa shape index (κ3) is 3.50. The lowest BCUT2D eigenvalue weighted by Gasteiger charge is -2.56. The van der Waals surface area contributed by atoms with Crippen molar-refractivity contribution >= 4 is 26.5 Å². The Hall–Kier alpha value is -2.18.